The van der Waals surface area contributed by atoms with Crippen molar-refractivity contribution in [2.24, 2.45) is 0 Å². The molecule has 2 heteroatoms. The van der Waals surface area contributed by atoms with Crippen molar-refractivity contribution in [3.05, 3.63) is 36.0 Å². The van der Waals surface area contributed by atoms with Crippen LogP contribution >= 0.6 is 0 Å². The minimum atomic E-state index is 0.770. The molecule has 0 spiro atoms. The Morgan fingerprint density at radius 1 is 1.28 bits per heavy atom. The van der Waals surface area contributed by atoms with Crippen molar-refractivity contribution < 1.29 is 0 Å². The highest BCUT2D eigenvalue weighted by atomic mass is 14.9. The Labute approximate surface area is 109 Å². The topological polar surface area (TPSA) is 17.0 Å². The fourth-order valence-corrected chi connectivity index (χ4v) is 2.14. The van der Waals surface area contributed by atoms with Gasteiger partial charge in [-0.3, -0.25) is 0 Å². The Morgan fingerprint density at radius 2 is 2.17 bits per heavy atom. The summed E-state index contributed by atoms with van der Waals surface area (Å²) in [5.74, 6) is 6.06. The second-order valence-corrected chi connectivity index (χ2v) is 4.40. The first-order valence-electron chi connectivity index (χ1n) is 6.54. The van der Waals surface area contributed by atoms with Crippen molar-refractivity contribution in [1.29, 1.82) is 0 Å². The van der Waals surface area contributed by atoms with E-state index in [2.05, 4.69) is 59.1 Å². The van der Waals surface area contributed by atoms with E-state index in [4.69, 9.17) is 0 Å². The highest BCUT2D eigenvalue weighted by Gasteiger charge is 2.04. The van der Waals surface area contributed by atoms with Crippen LogP contribution in [0.4, 0.5) is 0 Å². The zero-order valence-corrected chi connectivity index (χ0v) is 11.2. The smallest absolute Gasteiger partial charge is 0.0837 e. The van der Waals surface area contributed by atoms with E-state index >= 15 is 0 Å². The molecule has 1 aromatic heterocycles. The number of hydrogen-bond donors (Lipinski definition) is 1. The van der Waals surface area contributed by atoms with Crippen LogP contribution in [-0.4, -0.2) is 11.1 Å². The summed E-state index contributed by atoms with van der Waals surface area (Å²) in [6, 6.07) is 8.67. The summed E-state index contributed by atoms with van der Waals surface area (Å²) in [5, 5.41) is 4.79. The molecule has 0 amide bonds. The third-order valence-electron chi connectivity index (χ3n) is 3.07. The molecular weight excluding hydrogens is 220 g/mol. The lowest BCUT2D eigenvalue weighted by molar-refractivity contribution is 0.678. The molecule has 0 radical (unpaired) electrons. The van der Waals surface area contributed by atoms with Crippen molar-refractivity contribution in [2.75, 3.05) is 6.54 Å². The van der Waals surface area contributed by atoms with Gasteiger partial charge in [0.2, 0.25) is 0 Å². The molecule has 1 heterocycles. The molecule has 1 N–H and O–H groups in total. The van der Waals surface area contributed by atoms with E-state index in [-0.39, 0.29) is 0 Å². The van der Waals surface area contributed by atoms with Gasteiger partial charge < -0.3 is 9.88 Å². The maximum absolute atomic E-state index is 3.46. The first-order valence-corrected chi connectivity index (χ1v) is 6.54. The van der Waals surface area contributed by atoms with Gasteiger partial charge in [-0.1, -0.05) is 25.0 Å². The normalized spacial score (nSPS) is 10.3. The lowest BCUT2D eigenvalue weighted by Crippen LogP contribution is -2.13. The first-order chi connectivity index (χ1) is 8.86. The van der Waals surface area contributed by atoms with Crippen molar-refractivity contribution in [3.63, 3.8) is 0 Å². The molecular formula is C16H20N2. The fraction of sp³-hybridized carbons (Fsp3) is 0.375. The Balaban J connectivity index is 2.26. The lowest BCUT2D eigenvalue weighted by Gasteiger charge is -2.06. The summed E-state index contributed by atoms with van der Waals surface area (Å²) in [6.07, 6.45) is 3.29. The summed E-state index contributed by atoms with van der Waals surface area (Å²) >= 11 is 0. The zero-order chi connectivity index (χ0) is 12.8. The molecule has 0 aliphatic rings. The molecule has 0 saturated carbocycles. The van der Waals surface area contributed by atoms with E-state index < -0.39 is 0 Å². The van der Waals surface area contributed by atoms with Gasteiger partial charge in [0.1, 0.15) is 0 Å². The molecule has 2 aromatic rings. The van der Waals surface area contributed by atoms with E-state index in [0.717, 1.165) is 19.6 Å². The van der Waals surface area contributed by atoms with E-state index in [1.165, 1.54) is 22.9 Å². The van der Waals surface area contributed by atoms with Crippen LogP contribution in [0.5, 0.6) is 0 Å². The van der Waals surface area contributed by atoms with Gasteiger partial charge in [0.25, 0.3) is 0 Å². The Bertz CT molecular complexity index is 570. The van der Waals surface area contributed by atoms with Crippen LogP contribution in [0.1, 0.15) is 25.8 Å². The average Bonchev–Trinajstić information content (AvgIpc) is 2.81. The minimum Gasteiger partial charge on any atom is -0.336 e. The van der Waals surface area contributed by atoms with Gasteiger partial charge in [0.05, 0.1) is 6.54 Å². The van der Waals surface area contributed by atoms with Crippen LogP contribution in [-0.2, 0) is 13.1 Å². The summed E-state index contributed by atoms with van der Waals surface area (Å²) in [7, 11) is 0. The van der Waals surface area contributed by atoms with Gasteiger partial charge in [0, 0.05) is 23.6 Å². The summed E-state index contributed by atoms with van der Waals surface area (Å²) in [6.45, 7) is 6.85. The van der Waals surface area contributed by atoms with E-state index in [0.29, 0.717) is 0 Å². The predicted octanol–water partition coefficient (Wildman–Crippen LogP) is 3.16. The predicted molar refractivity (Wildman–Crippen MR) is 77.4 cm³/mol. The van der Waals surface area contributed by atoms with Crippen molar-refractivity contribution in [3.8, 4) is 11.8 Å². The van der Waals surface area contributed by atoms with E-state index in [1.54, 1.807) is 0 Å². The molecule has 1 aromatic carbocycles. The highest BCUT2D eigenvalue weighted by Crippen LogP contribution is 2.20. The van der Waals surface area contributed by atoms with Crippen LogP contribution in [0.3, 0.4) is 0 Å². The van der Waals surface area contributed by atoms with Crippen LogP contribution in [0.15, 0.2) is 30.5 Å². The average molecular weight is 240 g/mol. The fourth-order valence-electron chi connectivity index (χ4n) is 2.14. The largest absolute Gasteiger partial charge is 0.336 e. The third-order valence-corrected chi connectivity index (χ3v) is 3.07. The first kappa shape index (κ1) is 12.7. The van der Waals surface area contributed by atoms with Crippen molar-refractivity contribution in [1.82, 2.24) is 9.88 Å². The minimum absolute atomic E-state index is 0.770. The van der Waals surface area contributed by atoms with Gasteiger partial charge >= 0.3 is 0 Å². The highest BCUT2D eigenvalue weighted by molar-refractivity contribution is 5.83. The van der Waals surface area contributed by atoms with Gasteiger partial charge in [-0.05, 0) is 37.6 Å². The van der Waals surface area contributed by atoms with Gasteiger partial charge in [-0.15, -0.1) is 5.92 Å². The number of nitrogens with zero attached hydrogens (tertiary/aromatic N) is 1. The second-order valence-electron chi connectivity index (χ2n) is 4.40. The molecule has 0 fully saturated rings. The molecule has 2 nitrogen and oxygen atoms in total. The van der Waals surface area contributed by atoms with Crippen LogP contribution in [0.25, 0.3) is 10.9 Å². The molecule has 2 rings (SSSR count). The maximum atomic E-state index is 3.46. The summed E-state index contributed by atoms with van der Waals surface area (Å²) < 4.78 is 2.20. The standard InChI is InChI=1S/C16H20N2/c1-3-5-11-18-12-9-15-14(13-17-10-4-2)7-6-8-16(15)18/h6-9,12,17H,4,10-11,13H2,1-2H3. The van der Waals surface area contributed by atoms with Crippen molar-refractivity contribution in [2.45, 2.75) is 33.4 Å². The molecule has 94 valence electrons. The molecule has 0 unspecified atom stereocenters. The number of hydrogen-bond acceptors (Lipinski definition) is 1. The molecule has 0 saturated heterocycles. The summed E-state index contributed by atoms with van der Waals surface area (Å²) in [4.78, 5) is 0. The number of aromatic nitrogens is 1. The SMILES string of the molecule is CC#CCn1ccc2c(CNCCC)cccc21. The zero-order valence-electron chi connectivity index (χ0n) is 11.2. The van der Waals surface area contributed by atoms with E-state index in [9.17, 15) is 0 Å². The number of nitrogens with one attached hydrogen (secondary N) is 1. The van der Waals surface area contributed by atoms with Crippen molar-refractivity contribution >= 4 is 10.9 Å². The Hall–Kier alpha value is -1.72. The third kappa shape index (κ3) is 2.75. The van der Waals surface area contributed by atoms with Crippen LogP contribution in [0.2, 0.25) is 0 Å². The van der Waals surface area contributed by atoms with Gasteiger partial charge in [-0.2, -0.15) is 0 Å². The molecule has 0 atom stereocenters. The number of rotatable bonds is 5. The van der Waals surface area contributed by atoms with Gasteiger partial charge in [0.15, 0.2) is 0 Å². The Kier molecular flexibility index (Phi) is 4.44. The maximum Gasteiger partial charge on any atom is 0.0837 e. The lowest BCUT2D eigenvalue weighted by atomic mass is 10.1. The van der Waals surface area contributed by atoms with Crippen LogP contribution < -0.4 is 5.32 Å². The monoisotopic (exact) mass is 240 g/mol. The van der Waals surface area contributed by atoms with Gasteiger partial charge in [-0.25, -0.2) is 0 Å². The quantitative estimate of drug-likeness (QED) is 0.627. The summed E-state index contributed by atoms with van der Waals surface area (Å²) in [5.41, 5.74) is 2.64. The van der Waals surface area contributed by atoms with Crippen LogP contribution in [0, 0.1) is 11.8 Å². The number of benzene rings is 1. The molecule has 18 heavy (non-hydrogen) atoms. The molecule has 0 bridgehead atoms. The van der Waals surface area contributed by atoms with E-state index in [1.807, 2.05) is 6.92 Å². The number of fused-ring (bicyclic) bond motifs is 1. The Morgan fingerprint density at radius 3 is 2.94 bits per heavy atom. The molecule has 0 aliphatic heterocycles. The molecule has 0 aliphatic carbocycles. The second kappa shape index (κ2) is 6.28.